The summed E-state index contributed by atoms with van der Waals surface area (Å²) in [6.07, 6.45) is 7.22. The molecule has 0 radical (unpaired) electrons. The van der Waals surface area contributed by atoms with Gasteiger partial charge in [0.15, 0.2) is 0 Å². The third-order valence-electron chi connectivity index (χ3n) is 5.79. The lowest BCUT2D eigenvalue weighted by molar-refractivity contribution is -0.130. The lowest BCUT2D eigenvalue weighted by atomic mass is 9.94. The van der Waals surface area contributed by atoms with Crippen LogP contribution in [0.4, 0.5) is 0 Å². The second-order valence-electron chi connectivity index (χ2n) is 7.63. The first-order valence-corrected chi connectivity index (χ1v) is 9.77. The van der Waals surface area contributed by atoms with Crippen LogP contribution in [0.25, 0.3) is 0 Å². The van der Waals surface area contributed by atoms with Gasteiger partial charge in [0.1, 0.15) is 0 Å². The highest BCUT2D eigenvalue weighted by Crippen LogP contribution is 2.28. The van der Waals surface area contributed by atoms with Gasteiger partial charge < -0.3 is 10.2 Å². The fourth-order valence-electron chi connectivity index (χ4n) is 4.16. The van der Waals surface area contributed by atoms with Crippen molar-refractivity contribution >= 4 is 11.8 Å². The topological polar surface area (TPSA) is 49.4 Å². The van der Waals surface area contributed by atoms with Gasteiger partial charge in [-0.2, -0.15) is 0 Å². The van der Waals surface area contributed by atoms with Crippen molar-refractivity contribution in [3.05, 3.63) is 35.9 Å². The summed E-state index contributed by atoms with van der Waals surface area (Å²) >= 11 is 0. The first-order valence-electron chi connectivity index (χ1n) is 9.77. The highest BCUT2D eigenvalue weighted by atomic mass is 16.2. The van der Waals surface area contributed by atoms with Crippen LogP contribution in [-0.2, 0) is 9.59 Å². The van der Waals surface area contributed by atoms with E-state index in [1.165, 1.54) is 24.8 Å². The van der Waals surface area contributed by atoms with Crippen molar-refractivity contribution in [2.75, 3.05) is 13.1 Å². The minimum absolute atomic E-state index is 0.0481. The molecule has 25 heavy (non-hydrogen) atoms. The maximum absolute atomic E-state index is 12.4. The fourth-order valence-corrected chi connectivity index (χ4v) is 4.16. The molecule has 0 bridgehead atoms. The van der Waals surface area contributed by atoms with Crippen molar-refractivity contribution in [1.29, 1.82) is 0 Å². The van der Waals surface area contributed by atoms with Crippen LogP contribution in [0.1, 0.15) is 63.4 Å². The van der Waals surface area contributed by atoms with Crippen molar-refractivity contribution < 1.29 is 9.59 Å². The van der Waals surface area contributed by atoms with E-state index in [1.807, 2.05) is 11.0 Å². The first kappa shape index (κ1) is 18.0. The Morgan fingerprint density at radius 1 is 1.20 bits per heavy atom. The highest BCUT2D eigenvalue weighted by Gasteiger charge is 2.37. The molecule has 2 atom stereocenters. The van der Waals surface area contributed by atoms with Crippen LogP contribution in [0.2, 0.25) is 0 Å². The first-order chi connectivity index (χ1) is 12.1. The van der Waals surface area contributed by atoms with E-state index in [0.717, 1.165) is 19.3 Å². The predicted octanol–water partition coefficient (Wildman–Crippen LogP) is 3.48. The summed E-state index contributed by atoms with van der Waals surface area (Å²) in [5.74, 6) is 0.475. The second kappa shape index (κ2) is 8.50. The zero-order valence-corrected chi connectivity index (χ0v) is 15.2. The average Bonchev–Trinajstić information content (AvgIpc) is 3.05. The van der Waals surface area contributed by atoms with Gasteiger partial charge in [-0.3, -0.25) is 9.59 Å². The molecule has 1 aromatic rings. The van der Waals surface area contributed by atoms with E-state index >= 15 is 0 Å². The molecule has 4 nitrogen and oxygen atoms in total. The summed E-state index contributed by atoms with van der Waals surface area (Å²) in [4.78, 5) is 26.7. The Hall–Kier alpha value is -1.84. The summed E-state index contributed by atoms with van der Waals surface area (Å²) in [5, 5.41) is 3.05. The van der Waals surface area contributed by atoms with E-state index in [9.17, 15) is 9.59 Å². The molecular weight excluding hydrogens is 312 g/mol. The van der Waals surface area contributed by atoms with E-state index in [0.29, 0.717) is 31.5 Å². The number of nitrogens with one attached hydrogen (secondary N) is 1. The van der Waals surface area contributed by atoms with Crippen LogP contribution in [-0.4, -0.2) is 35.8 Å². The molecular formula is C21H30N2O2. The van der Waals surface area contributed by atoms with Crippen LogP contribution in [0.5, 0.6) is 0 Å². The van der Waals surface area contributed by atoms with E-state index in [1.54, 1.807) is 0 Å². The van der Waals surface area contributed by atoms with Crippen LogP contribution < -0.4 is 5.32 Å². The molecule has 2 aliphatic rings. The SMILES string of the molecule is CC(CCNC(=O)C1CC(=O)N(C2CCCCC2)C1)c1ccccc1. The Labute approximate surface area is 151 Å². The number of nitrogens with zero attached hydrogens (tertiary/aromatic N) is 1. The Morgan fingerprint density at radius 3 is 2.64 bits per heavy atom. The number of carbonyl (C=O) groups excluding carboxylic acids is 2. The second-order valence-corrected chi connectivity index (χ2v) is 7.63. The van der Waals surface area contributed by atoms with Crippen LogP contribution in [0, 0.1) is 5.92 Å². The Bertz CT molecular complexity index is 581. The third-order valence-corrected chi connectivity index (χ3v) is 5.79. The van der Waals surface area contributed by atoms with Crippen molar-refractivity contribution in [2.45, 2.75) is 63.8 Å². The summed E-state index contributed by atoms with van der Waals surface area (Å²) in [6.45, 7) is 3.47. The molecule has 1 saturated carbocycles. The Morgan fingerprint density at radius 2 is 1.92 bits per heavy atom. The molecule has 4 heteroatoms. The van der Waals surface area contributed by atoms with Gasteiger partial charge in [-0.1, -0.05) is 56.5 Å². The molecule has 1 aliphatic heterocycles. The van der Waals surface area contributed by atoms with E-state index in [2.05, 4.69) is 36.5 Å². The molecule has 1 aliphatic carbocycles. The van der Waals surface area contributed by atoms with E-state index < -0.39 is 0 Å². The van der Waals surface area contributed by atoms with Crippen molar-refractivity contribution in [1.82, 2.24) is 10.2 Å². The van der Waals surface area contributed by atoms with Gasteiger partial charge in [-0.05, 0) is 30.7 Å². The summed E-state index contributed by atoms with van der Waals surface area (Å²) in [5.41, 5.74) is 1.30. The van der Waals surface area contributed by atoms with Crippen molar-refractivity contribution in [2.24, 2.45) is 5.92 Å². The van der Waals surface area contributed by atoms with Gasteiger partial charge in [-0.25, -0.2) is 0 Å². The maximum Gasteiger partial charge on any atom is 0.225 e. The number of hydrogen-bond acceptors (Lipinski definition) is 2. The smallest absolute Gasteiger partial charge is 0.225 e. The molecule has 3 rings (SSSR count). The van der Waals surface area contributed by atoms with Crippen LogP contribution in [0.15, 0.2) is 30.3 Å². The Kier molecular flexibility index (Phi) is 6.11. The van der Waals surface area contributed by atoms with Gasteiger partial charge in [0.25, 0.3) is 0 Å². The molecule has 0 spiro atoms. The monoisotopic (exact) mass is 342 g/mol. The van der Waals surface area contributed by atoms with Crippen LogP contribution in [0.3, 0.4) is 0 Å². The number of amides is 2. The molecule has 2 fully saturated rings. The van der Waals surface area contributed by atoms with Gasteiger partial charge >= 0.3 is 0 Å². The minimum Gasteiger partial charge on any atom is -0.356 e. The molecule has 1 N–H and O–H groups in total. The minimum atomic E-state index is -0.165. The predicted molar refractivity (Wildman–Crippen MR) is 99.2 cm³/mol. The molecule has 1 heterocycles. The van der Waals surface area contributed by atoms with E-state index in [4.69, 9.17) is 0 Å². The highest BCUT2D eigenvalue weighted by molar-refractivity contribution is 5.89. The summed E-state index contributed by atoms with van der Waals surface area (Å²) < 4.78 is 0. The fraction of sp³-hybridized carbons (Fsp3) is 0.619. The average molecular weight is 342 g/mol. The van der Waals surface area contributed by atoms with Crippen LogP contribution >= 0.6 is 0 Å². The number of likely N-dealkylation sites (tertiary alicyclic amines) is 1. The van der Waals surface area contributed by atoms with E-state index in [-0.39, 0.29) is 17.7 Å². The van der Waals surface area contributed by atoms with Gasteiger partial charge in [-0.15, -0.1) is 0 Å². The zero-order chi connectivity index (χ0) is 17.6. The lowest BCUT2D eigenvalue weighted by Gasteiger charge is -2.31. The number of carbonyl (C=O) groups is 2. The number of hydrogen-bond donors (Lipinski definition) is 1. The molecule has 1 aromatic carbocycles. The quantitative estimate of drug-likeness (QED) is 0.860. The van der Waals surface area contributed by atoms with Gasteiger partial charge in [0.05, 0.1) is 5.92 Å². The van der Waals surface area contributed by atoms with Gasteiger partial charge in [0, 0.05) is 25.6 Å². The normalized spacial score (nSPS) is 22.8. The third kappa shape index (κ3) is 4.62. The Balaban J connectivity index is 1.43. The summed E-state index contributed by atoms with van der Waals surface area (Å²) in [6, 6.07) is 10.8. The number of benzene rings is 1. The zero-order valence-electron chi connectivity index (χ0n) is 15.2. The lowest BCUT2D eigenvalue weighted by Crippen LogP contribution is -2.39. The standard InChI is InChI=1S/C21H30N2O2/c1-16(17-8-4-2-5-9-17)12-13-22-21(25)18-14-20(24)23(15-18)19-10-6-3-7-11-19/h2,4-5,8-9,16,18-19H,3,6-7,10-15H2,1H3,(H,22,25). The molecule has 2 amide bonds. The largest absolute Gasteiger partial charge is 0.356 e. The van der Waals surface area contributed by atoms with Crippen molar-refractivity contribution in [3.63, 3.8) is 0 Å². The molecule has 1 saturated heterocycles. The number of rotatable bonds is 6. The summed E-state index contributed by atoms with van der Waals surface area (Å²) in [7, 11) is 0. The molecule has 136 valence electrons. The maximum atomic E-state index is 12.4. The molecule has 2 unspecified atom stereocenters. The van der Waals surface area contributed by atoms with Crippen molar-refractivity contribution in [3.8, 4) is 0 Å². The molecule has 0 aromatic heterocycles. The van der Waals surface area contributed by atoms with Gasteiger partial charge in [0.2, 0.25) is 11.8 Å².